The molecular formula is C18H11ClF2N2O3. The number of hydrogen-bond acceptors (Lipinski definition) is 5. The molecule has 0 fully saturated rings. The first-order chi connectivity index (χ1) is 12.4. The lowest BCUT2D eigenvalue weighted by atomic mass is 10.0. The Labute approximate surface area is 151 Å². The smallest absolute Gasteiger partial charge is 0.350 e. The average molecular weight is 377 g/mol. The van der Waals surface area contributed by atoms with Crippen LogP contribution in [0.3, 0.4) is 0 Å². The molecule has 26 heavy (non-hydrogen) atoms. The number of alkyl halides is 2. The number of esters is 1. The highest BCUT2D eigenvalue weighted by Crippen LogP contribution is 2.35. The topological polar surface area (TPSA) is 65.2 Å². The van der Waals surface area contributed by atoms with Crippen LogP contribution in [-0.2, 0) is 23.7 Å². The number of halogens is 3. The van der Waals surface area contributed by atoms with Crippen molar-refractivity contribution < 1.29 is 22.8 Å². The molecule has 0 amide bonds. The minimum absolute atomic E-state index is 0.124. The van der Waals surface area contributed by atoms with Crippen molar-refractivity contribution in [1.82, 2.24) is 10.1 Å². The normalized spacial score (nSPS) is 13.6. The van der Waals surface area contributed by atoms with Gasteiger partial charge in [0.25, 0.3) is 0 Å². The quantitative estimate of drug-likeness (QED) is 0.641. The van der Waals surface area contributed by atoms with E-state index in [0.717, 1.165) is 11.1 Å². The van der Waals surface area contributed by atoms with Gasteiger partial charge in [0.2, 0.25) is 0 Å². The first-order valence-electron chi connectivity index (χ1n) is 7.69. The van der Waals surface area contributed by atoms with Crippen LogP contribution in [0.2, 0.25) is 5.02 Å². The Balaban J connectivity index is 1.56. The molecule has 1 aliphatic heterocycles. The summed E-state index contributed by atoms with van der Waals surface area (Å²) in [5.41, 5.74) is 1.74. The van der Waals surface area contributed by atoms with Gasteiger partial charge in [0.1, 0.15) is 6.61 Å². The van der Waals surface area contributed by atoms with E-state index in [1.165, 1.54) is 24.3 Å². The lowest BCUT2D eigenvalue weighted by Crippen LogP contribution is -2.15. The van der Waals surface area contributed by atoms with Gasteiger partial charge >= 0.3 is 17.8 Å². The lowest BCUT2D eigenvalue weighted by Gasteiger charge is -2.11. The standard InChI is InChI=1S/C18H11ClF2N2O3/c19-13-4-2-12(3-5-13)18(20,21)17-22-15(23-26-17)8-10-1-6-14-11(7-10)9-25-16(14)24/h1-7H,8-9H2. The molecule has 0 N–H and O–H groups in total. The van der Waals surface area contributed by atoms with Crippen LogP contribution in [0, 0.1) is 0 Å². The molecule has 8 heteroatoms. The number of aromatic nitrogens is 2. The molecule has 5 nitrogen and oxygen atoms in total. The molecule has 0 spiro atoms. The van der Waals surface area contributed by atoms with Gasteiger partial charge < -0.3 is 9.26 Å². The zero-order valence-corrected chi connectivity index (χ0v) is 14.0. The minimum atomic E-state index is -3.42. The van der Waals surface area contributed by atoms with Gasteiger partial charge in [0.15, 0.2) is 5.82 Å². The average Bonchev–Trinajstić information content (AvgIpc) is 3.23. The summed E-state index contributed by atoms with van der Waals surface area (Å²) in [6, 6.07) is 10.3. The number of rotatable bonds is 4. The van der Waals surface area contributed by atoms with E-state index in [1.807, 2.05) is 0 Å². The summed E-state index contributed by atoms with van der Waals surface area (Å²) in [7, 11) is 0. The highest BCUT2D eigenvalue weighted by Gasteiger charge is 2.40. The van der Waals surface area contributed by atoms with Crippen molar-refractivity contribution in [2.75, 3.05) is 0 Å². The monoisotopic (exact) mass is 376 g/mol. The molecule has 1 aromatic heterocycles. The van der Waals surface area contributed by atoms with E-state index in [2.05, 4.69) is 10.1 Å². The second-order valence-electron chi connectivity index (χ2n) is 5.84. The highest BCUT2D eigenvalue weighted by atomic mass is 35.5. The molecule has 0 saturated heterocycles. The second kappa shape index (κ2) is 6.17. The maximum absolute atomic E-state index is 14.5. The van der Waals surface area contributed by atoms with Crippen molar-refractivity contribution in [1.29, 1.82) is 0 Å². The second-order valence-corrected chi connectivity index (χ2v) is 6.28. The van der Waals surface area contributed by atoms with Gasteiger partial charge in [-0.15, -0.1) is 0 Å². The Kier molecular flexibility index (Phi) is 3.96. The molecule has 4 rings (SSSR count). The van der Waals surface area contributed by atoms with Crippen LogP contribution >= 0.6 is 11.6 Å². The maximum Gasteiger partial charge on any atom is 0.350 e. The predicted octanol–water partition coefficient (Wildman–Crippen LogP) is 4.12. The fourth-order valence-electron chi connectivity index (χ4n) is 2.72. The van der Waals surface area contributed by atoms with Crippen LogP contribution < -0.4 is 0 Å². The SMILES string of the molecule is O=C1OCc2cc(Cc3noc(C(F)(F)c4ccc(Cl)cc4)n3)ccc21. The van der Waals surface area contributed by atoms with Crippen LogP contribution in [0.5, 0.6) is 0 Å². The molecular weight excluding hydrogens is 366 g/mol. The fourth-order valence-corrected chi connectivity index (χ4v) is 2.84. The summed E-state index contributed by atoms with van der Waals surface area (Å²) >= 11 is 5.73. The van der Waals surface area contributed by atoms with Gasteiger partial charge in [0.05, 0.1) is 5.56 Å². The van der Waals surface area contributed by atoms with Crippen LogP contribution in [0.25, 0.3) is 0 Å². The molecule has 3 aromatic rings. The van der Waals surface area contributed by atoms with E-state index < -0.39 is 11.8 Å². The summed E-state index contributed by atoms with van der Waals surface area (Å²) in [5.74, 6) is -4.45. The molecule has 0 unspecified atom stereocenters. The highest BCUT2D eigenvalue weighted by molar-refractivity contribution is 6.30. The molecule has 132 valence electrons. The van der Waals surface area contributed by atoms with Crippen molar-refractivity contribution in [2.45, 2.75) is 19.0 Å². The molecule has 2 heterocycles. The van der Waals surface area contributed by atoms with E-state index in [1.54, 1.807) is 18.2 Å². The number of nitrogens with zero attached hydrogens (tertiary/aromatic N) is 2. The number of carbonyl (C=O) groups is 1. The third-order valence-corrected chi connectivity index (χ3v) is 4.31. The van der Waals surface area contributed by atoms with E-state index in [9.17, 15) is 13.6 Å². The van der Waals surface area contributed by atoms with E-state index in [0.29, 0.717) is 10.6 Å². The van der Waals surface area contributed by atoms with Crippen molar-refractivity contribution in [3.05, 3.63) is 81.5 Å². The summed E-state index contributed by atoms with van der Waals surface area (Å²) in [5, 5.41) is 4.00. The van der Waals surface area contributed by atoms with Crippen LogP contribution in [0.4, 0.5) is 8.78 Å². The third-order valence-electron chi connectivity index (χ3n) is 4.05. The van der Waals surface area contributed by atoms with Crippen LogP contribution in [0.1, 0.15) is 38.8 Å². The molecule has 0 aliphatic carbocycles. The van der Waals surface area contributed by atoms with Crippen LogP contribution in [0.15, 0.2) is 47.0 Å². The van der Waals surface area contributed by atoms with Gasteiger partial charge in [-0.2, -0.15) is 13.8 Å². The van der Waals surface area contributed by atoms with E-state index >= 15 is 0 Å². The number of hydrogen-bond donors (Lipinski definition) is 0. The number of carbonyl (C=O) groups excluding carboxylic acids is 1. The van der Waals surface area contributed by atoms with Gasteiger partial charge in [-0.3, -0.25) is 0 Å². The van der Waals surface area contributed by atoms with Gasteiger partial charge in [-0.05, 0) is 23.8 Å². The first kappa shape index (κ1) is 16.7. The Morgan fingerprint density at radius 2 is 1.92 bits per heavy atom. The van der Waals surface area contributed by atoms with Crippen molar-refractivity contribution >= 4 is 17.6 Å². The summed E-state index contributed by atoms with van der Waals surface area (Å²) < 4.78 is 38.7. The molecule has 1 aliphatic rings. The van der Waals surface area contributed by atoms with E-state index in [4.69, 9.17) is 20.9 Å². The Bertz CT molecular complexity index is 986. The third kappa shape index (κ3) is 2.94. The Morgan fingerprint density at radius 3 is 2.69 bits per heavy atom. The first-order valence-corrected chi connectivity index (χ1v) is 8.07. The number of benzene rings is 2. The van der Waals surface area contributed by atoms with Crippen molar-refractivity contribution in [3.63, 3.8) is 0 Å². The zero-order chi connectivity index (χ0) is 18.3. The van der Waals surface area contributed by atoms with Gasteiger partial charge in [-0.1, -0.05) is 41.0 Å². The van der Waals surface area contributed by atoms with E-state index in [-0.39, 0.29) is 30.4 Å². The minimum Gasteiger partial charge on any atom is -0.457 e. The predicted molar refractivity (Wildman–Crippen MR) is 87.1 cm³/mol. The number of cyclic esters (lactones) is 1. The van der Waals surface area contributed by atoms with Gasteiger partial charge in [0, 0.05) is 22.6 Å². The summed E-state index contributed by atoms with van der Waals surface area (Å²) in [4.78, 5) is 15.3. The summed E-state index contributed by atoms with van der Waals surface area (Å²) in [6.45, 7) is 0.203. The molecule has 0 bridgehead atoms. The summed E-state index contributed by atoms with van der Waals surface area (Å²) in [6.07, 6.45) is 0.196. The number of fused-ring (bicyclic) bond motifs is 1. The largest absolute Gasteiger partial charge is 0.457 e. The molecule has 2 aromatic carbocycles. The van der Waals surface area contributed by atoms with Crippen molar-refractivity contribution in [3.8, 4) is 0 Å². The fraction of sp³-hybridized carbons (Fsp3) is 0.167. The molecule has 0 atom stereocenters. The van der Waals surface area contributed by atoms with Gasteiger partial charge in [-0.25, -0.2) is 4.79 Å². The molecule has 0 saturated carbocycles. The maximum atomic E-state index is 14.5. The van der Waals surface area contributed by atoms with Crippen molar-refractivity contribution in [2.24, 2.45) is 0 Å². The Morgan fingerprint density at radius 1 is 1.15 bits per heavy atom. The van der Waals surface area contributed by atoms with Crippen LogP contribution in [-0.4, -0.2) is 16.1 Å². The Hall–Kier alpha value is -2.80. The molecule has 0 radical (unpaired) electrons. The zero-order valence-electron chi connectivity index (χ0n) is 13.2. The number of ether oxygens (including phenoxy) is 1. The lowest BCUT2D eigenvalue weighted by molar-refractivity contribution is 0.00761.